The molecule has 0 amide bonds. The third-order valence-electron chi connectivity index (χ3n) is 6.12. The lowest BCUT2D eigenvalue weighted by molar-refractivity contribution is 0.0854. The van der Waals surface area contributed by atoms with Crippen molar-refractivity contribution >= 4 is 0 Å². The molecule has 1 aromatic carbocycles. The summed E-state index contributed by atoms with van der Waals surface area (Å²) in [6.45, 7) is 9.26. The summed E-state index contributed by atoms with van der Waals surface area (Å²) < 4.78 is 16.2. The minimum atomic E-state index is -0.0772. The maximum Gasteiger partial charge on any atom is 0.127 e. The van der Waals surface area contributed by atoms with Crippen molar-refractivity contribution in [3.8, 4) is 0 Å². The maximum atomic E-state index is 14.0. The fourth-order valence-electron chi connectivity index (χ4n) is 4.79. The van der Waals surface area contributed by atoms with Crippen molar-refractivity contribution in [2.24, 2.45) is 5.41 Å². The number of benzene rings is 1. The van der Waals surface area contributed by atoms with Crippen LogP contribution in [0.1, 0.15) is 37.6 Å². The first-order chi connectivity index (χ1) is 12.7. The van der Waals surface area contributed by atoms with Gasteiger partial charge in [0.2, 0.25) is 0 Å². The summed E-state index contributed by atoms with van der Waals surface area (Å²) in [7, 11) is 0. The van der Waals surface area contributed by atoms with Crippen molar-refractivity contribution < 1.29 is 4.39 Å². The van der Waals surface area contributed by atoms with E-state index in [9.17, 15) is 4.39 Å². The van der Waals surface area contributed by atoms with Gasteiger partial charge in [0.1, 0.15) is 11.6 Å². The molecule has 0 unspecified atom stereocenters. The molecule has 4 rings (SSSR count). The number of piperidine rings is 1. The van der Waals surface area contributed by atoms with E-state index in [1.807, 2.05) is 18.3 Å². The SMILES string of the molecule is CCn1ccnc1CN1CC[C@@]2(CCCN(Cc3ccccc3F)C2)C1. The largest absolute Gasteiger partial charge is 0.334 e. The number of imidazole rings is 1. The molecule has 3 heterocycles. The Morgan fingerprint density at radius 3 is 2.69 bits per heavy atom. The highest BCUT2D eigenvalue weighted by Crippen LogP contribution is 2.39. The van der Waals surface area contributed by atoms with Crippen LogP contribution in [-0.4, -0.2) is 45.5 Å². The molecule has 1 spiro atoms. The van der Waals surface area contributed by atoms with E-state index in [0.29, 0.717) is 5.41 Å². The second-order valence-electron chi connectivity index (χ2n) is 8.00. The van der Waals surface area contributed by atoms with Gasteiger partial charge in [0, 0.05) is 44.1 Å². The number of likely N-dealkylation sites (tertiary alicyclic amines) is 2. The van der Waals surface area contributed by atoms with E-state index in [4.69, 9.17) is 0 Å². The van der Waals surface area contributed by atoms with Gasteiger partial charge in [0.25, 0.3) is 0 Å². The molecular formula is C21H29FN4. The Balaban J connectivity index is 1.39. The average Bonchev–Trinajstić information content (AvgIpc) is 3.24. The minimum Gasteiger partial charge on any atom is -0.334 e. The minimum absolute atomic E-state index is 0.0772. The number of hydrogen-bond acceptors (Lipinski definition) is 3. The van der Waals surface area contributed by atoms with Crippen LogP contribution in [0, 0.1) is 11.2 Å². The first-order valence-electron chi connectivity index (χ1n) is 9.86. The summed E-state index contributed by atoms with van der Waals surface area (Å²) in [6, 6.07) is 7.20. The molecule has 5 heteroatoms. The number of halogens is 1. The molecule has 1 atom stereocenters. The van der Waals surface area contributed by atoms with Gasteiger partial charge in [-0.05, 0) is 50.8 Å². The van der Waals surface area contributed by atoms with E-state index in [1.54, 1.807) is 12.1 Å². The molecule has 2 aliphatic heterocycles. The molecule has 26 heavy (non-hydrogen) atoms. The van der Waals surface area contributed by atoms with Crippen molar-refractivity contribution in [3.63, 3.8) is 0 Å². The Morgan fingerprint density at radius 1 is 1.08 bits per heavy atom. The third kappa shape index (κ3) is 3.69. The Morgan fingerprint density at radius 2 is 1.88 bits per heavy atom. The second kappa shape index (κ2) is 7.49. The van der Waals surface area contributed by atoms with Gasteiger partial charge in [-0.2, -0.15) is 0 Å². The van der Waals surface area contributed by atoms with Gasteiger partial charge >= 0.3 is 0 Å². The lowest BCUT2D eigenvalue weighted by Crippen LogP contribution is -2.44. The van der Waals surface area contributed by atoms with E-state index < -0.39 is 0 Å². The van der Waals surface area contributed by atoms with Crippen molar-refractivity contribution in [3.05, 3.63) is 53.9 Å². The van der Waals surface area contributed by atoms with Crippen LogP contribution in [0.25, 0.3) is 0 Å². The standard InChI is InChI=1S/C21H29FN4/c1-2-26-13-10-23-20(26)15-25-12-9-21(17-25)8-5-11-24(16-21)14-18-6-3-4-7-19(18)22/h3-4,6-7,10,13H,2,5,8-9,11-12,14-17H2,1H3/t21-/m1/s1. The van der Waals surface area contributed by atoms with Gasteiger partial charge in [-0.25, -0.2) is 9.37 Å². The monoisotopic (exact) mass is 356 g/mol. The highest BCUT2D eigenvalue weighted by atomic mass is 19.1. The van der Waals surface area contributed by atoms with E-state index in [1.165, 1.54) is 25.1 Å². The van der Waals surface area contributed by atoms with Crippen molar-refractivity contribution in [1.29, 1.82) is 0 Å². The molecule has 2 aliphatic rings. The number of rotatable bonds is 5. The number of nitrogens with zero attached hydrogens (tertiary/aromatic N) is 4. The van der Waals surface area contributed by atoms with Crippen LogP contribution in [0.5, 0.6) is 0 Å². The smallest absolute Gasteiger partial charge is 0.127 e. The zero-order valence-electron chi connectivity index (χ0n) is 15.7. The first-order valence-corrected chi connectivity index (χ1v) is 9.86. The van der Waals surface area contributed by atoms with Gasteiger partial charge in [0.05, 0.1) is 6.54 Å². The molecule has 0 N–H and O–H groups in total. The molecule has 140 valence electrons. The highest BCUT2D eigenvalue weighted by molar-refractivity contribution is 5.17. The van der Waals surface area contributed by atoms with E-state index in [-0.39, 0.29) is 5.82 Å². The Labute approximate surface area is 155 Å². The molecule has 0 saturated carbocycles. The molecular weight excluding hydrogens is 327 g/mol. The summed E-state index contributed by atoms with van der Waals surface area (Å²) in [6.07, 6.45) is 7.72. The molecule has 0 bridgehead atoms. The summed E-state index contributed by atoms with van der Waals surface area (Å²) in [5.74, 6) is 1.09. The van der Waals surface area contributed by atoms with Gasteiger partial charge in [-0.1, -0.05) is 18.2 Å². The van der Waals surface area contributed by atoms with Crippen LogP contribution >= 0.6 is 0 Å². The first kappa shape index (κ1) is 17.7. The fraction of sp³-hybridized carbons (Fsp3) is 0.571. The zero-order valence-corrected chi connectivity index (χ0v) is 15.7. The van der Waals surface area contributed by atoms with Crippen LogP contribution in [0.2, 0.25) is 0 Å². The average molecular weight is 356 g/mol. The third-order valence-corrected chi connectivity index (χ3v) is 6.12. The fourth-order valence-corrected chi connectivity index (χ4v) is 4.79. The predicted octanol–water partition coefficient (Wildman–Crippen LogP) is 3.53. The van der Waals surface area contributed by atoms with Crippen LogP contribution in [0.15, 0.2) is 36.7 Å². The Bertz CT molecular complexity index is 743. The molecule has 1 aromatic heterocycles. The lowest BCUT2D eigenvalue weighted by atomic mass is 9.79. The van der Waals surface area contributed by atoms with Crippen LogP contribution in [0.3, 0.4) is 0 Å². The van der Waals surface area contributed by atoms with Gasteiger partial charge in [0.15, 0.2) is 0 Å². The van der Waals surface area contributed by atoms with Gasteiger partial charge in [-0.3, -0.25) is 9.80 Å². The van der Waals surface area contributed by atoms with Gasteiger partial charge < -0.3 is 4.57 Å². The van der Waals surface area contributed by atoms with Crippen LogP contribution in [-0.2, 0) is 19.6 Å². The van der Waals surface area contributed by atoms with Crippen molar-refractivity contribution in [2.75, 3.05) is 26.2 Å². The van der Waals surface area contributed by atoms with Crippen LogP contribution in [0.4, 0.5) is 4.39 Å². The number of hydrogen-bond donors (Lipinski definition) is 0. The molecule has 2 saturated heterocycles. The molecule has 0 radical (unpaired) electrons. The molecule has 2 aromatic rings. The zero-order chi connectivity index (χ0) is 18.0. The summed E-state index contributed by atoms with van der Waals surface area (Å²) in [5, 5.41) is 0. The summed E-state index contributed by atoms with van der Waals surface area (Å²) in [5.41, 5.74) is 1.19. The molecule has 2 fully saturated rings. The number of aromatic nitrogens is 2. The van der Waals surface area contributed by atoms with E-state index >= 15 is 0 Å². The molecule has 4 nitrogen and oxygen atoms in total. The quantitative estimate of drug-likeness (QED) is 0.819. The Kier molecular flexibility index (Phi) is 5.09. The highest BCUT2D eigenvalue weighted by Gasteiger charge is 2.41. The second-order valence-corrected chi connectivity index (χ2v) is 8.00. The summed E-state index contributed by atoms with van der Waals surface area (Å²) >= 11 is 0. The maximum absolute atomic E-state index is 14.0. The normalized spacial score (nSPS) is 24.5. The summed E-state index contributed by atoms with van der Waals surface area (Å²) in [4.78, 5) is 9.55. The lowest BCUT2D eigenvalue weighted by Gasteiger charge is -2.40. The molecule has 0 aliphatic carbocycles. The van der Waals surface area contributed by atoms with Crippen molar-refractivity contribution in [1.82, 2.24) is 19.4 Å². The van der Waals surface area contributed by atoms with E-state index in [2.05, 4.69) is 32.5 Å². The predicted molar refractivity (Wildman–Crippen MR) is 101 cm³/mol. The van der Waals surface area contributed by atoms with E-state index in [0.717, 1.165) is 51.4 Å². The number of aryl methyl sites for hydroxylation is 1. The van der Waals surface area contributed by atoms with Crippen molar-refractivity contribution in [2.45, 2.75) is 45.8 Å². The Hall–Kier alpha value is -1.72. The topological polar surface area (TPSA) is 24.3 Å². The van der Waals surface area contributed by atoms with Gasteiger partial charge in [-0.15, -0.1) is 0 Å². The van der Waals surface area contributed by atoms with Crippen LogP contribution < -0.4 is 0 Å².